The minimum absolute atomic E-state index is 1.29. The Kier molecular flexibility index (Phi) is 2.97. The van der Waals surface area contributed by atoms with Gasteiger partial charge in [0, 0.05) is 20.2 Å². The Morgan fingerprint density at radius 3 is 1.97 bits per heavy atom. The van der Waals surface area contributed by atoms with Crippen molar-refractivity contribution < 1.29 is 0 Å². The van der Waals surface area contributed by atoms with Gasteiger partial charge in [-0.05, 0) is 62.4 Å². The summed E-state index contributed by atoms with van der Waals surface area (Å²) < 4.78 is 2.71. The predicted molar refractivity (Wildman–Crippen MR) is 127 cm³/mol. The largest absolute Gasteiger partial charge is 0.135 e. The third-order valence-electron chi connectivity index (χ3n) is 6.24. The van der Waals surface area contributed by atoms with Crippen LogP contribution in [0, 0.1) is 0 Å². The highest BCUT2D eigenvalue weighted by Gasteiger charge is 2.22. The lowest BCUT2D eigenvalue weighted by molar-refractivity contribution is 1.69. The first-order valence-corrected chi connectivity index (χ1v) is 10.8. The normalized spacial score (nSPS) is 12.1. The van der Waals surface area contributed by atoms with Gasteiger partial charge in [-0.3, -0.25) is 0 Å². The Morgan fingerprint density at radius 2 is 1.07 bits per heavy atom. The molecule has 0 atom stereocenters. The molecule has 0 fully saturated rings. The number of rotatable bonds is 1. The zero-order valence-corrected chi connectivity index (χ0v) is 16.5. The number of hydrogen-bond acceptors (Lipinski definition) is 1. The molecule has 1 aliphatic rings. The van der Waals surface area contributed by atoms with Gasteiger partial charge < -0.3 is 0 Å². The summed E-state index contributed by atoms with van der Waals surface area (Å²) in [5, 5.41) is 5.44. The Hall–Kier alpha value is -3.42. The first-order chi connectivity index (χ1) is 14.4. The molecule has 0 radical (unpaired) electrons. The van der Waals surface area contributed by atoms with Gasteiger partial charge in [0.15, 0.2) is 0 Å². The van der Waals surface area contributed by atoms with Crippen LogP contribution in [-0.2, 0) is 0 Å². The van der Waals surface area contributed by atoms with Crippen LogP contribution in [0.4, 0.5) is 0 Å². The number of hydrogen-bond donors (Lipinski definition) is 0. The topological polar surface area (TPSA) is 0 Å². The van der Waals surface area contributed by atoms with Crippen molar-refractivity contribution in [2.75, 3.05) is 0 Å². The molecule has 134 valence electrons. The lowest BCUT2D eigenvalue weighted by Crippen LogP contribution is -1.83. The standard InChI is InChI=1S/C28H16S/c1-2-7-20-19(6-1)23-10-5-9-22-18(13-14-24(20)28(22)23)17-12-15-27-25(16-17)21-8-3-4-11-26(21)29-27/h1-16H. The Labute approximate surface area is 172 Å². The van der Waals surface area contributed by atoms with E-state index in [1.54, 1.807) is 0 Å². The molecule has 0 N–H and O–H groups in total. The molecular formula is C28H16S. The molecule has 7 rings (SSSR count). The average Bonchev–Trinajstić information content (AvgIpc) is 3.31. The molecule has 0 saturated heterocycles. The Balaban J connectivity index is 1.54. The lowest BCUT2D eigenvalue weighted by Gasteiger charge is -2.10. The minimum atomic E-state index is 1.29. The van der Waals surface area contributed by atoms with Crippen LogP contribution in [0.5, 0.6) is 0 Å². The van der Waals surface area contributed by atoms with Crippen molar-refractivity contribution in [3.63, 3.8) is 0 Å². The lowest BCUT2D eigenvalue weighted by atomic mass is 9.93. The van der Waals surface area contributed by atoms with Gasteiger partial charge in [-0.1, -0.05) is 78.9 Å². The minimum Gasteiger partial charge on any atom is -0.135 e. The molecule has 1 aromatic heterocycles. The molecule has 0 nitrogen and oxygen atoms in total. The van der Waals surface area contributed by atoms with Crippen molar-refractivity contribution in [1.82, 2.24) is 0 Å². The van der Waals surface area contributed by atoms with Crippen LogP contribution in [0.2, 0.25) is 0 Å². The second kappa shape index (κ2) is 5.56. The number of fused-ring (bicyclic) bond motifs is 6. The first kappa shape index (κ1) is 15.5. The number of benzene rings is 5. The van der Waals surface area contributed by atoms with Crippen LogP contribution < -0.4 is 0 Å². The molecule has 5 aromatic carbocycles. The van der Waals surface area contributed by atoms with Crippen molar-refractivity contribution in [3.8, 4) is 33.4 Å². The summed E-state index contributed by atoms with van der Waals surface area (Å²) in [7, 11) is 0. The fourth-order valence-corrected chi connectivity index (χ4v) is 6.04. The van der Waals surface area contributed by atoms with Gasteiger partial charge in [-0.25, -0.2) is 0 Å². The molecule has 0 aliphatic heterocycles. The highest BCUT2D eigenvalue weighted by atomic mass is 32.1. The van der Waals surface area contributed by atoms with Crippen molar-refractivity contribution in [3.05, 3.63) is 97.1 Å². The average molecular weight is 385 g/mol. The fourth-order valence-electron chi connectivity index (χ4n) is 4.95. The van der Waals surface area contributed by atoms with Gasteiger partial charge in [0.1, 0.15) is 0 Å². The van der Waals surface area contributed by atoms with Crippen LogP contribution >= 0.6 is 11.3 Å². The van der Waals surface area contributed by atoms with Crippen LogP contribution in [0.3, 0.4) is 0 Å². The zero-order valence-electron chi connectivity index (χ0n) is 15.6. The van der Waals surface area contributed by atoms with Crippen LogP contribution in [-0.4, -0.2) is 0 Å². The van der Waals surface area contributed by atoms with Crippen LogP contribution in [0.15, 0.2) is 97.1 Å². The fraction of sp³-hybridized carbons (Fsp3) is 0. The summed E-state index contributed by atoms with van der Waals surface area (Å²) in [6.07, 6.45) is 0. The van der Waals surface area contributed by atoms with Crippen LogP contribution in [0.25, 0.3) is 64.3 Å². The van der Waals surface area contributed by atoms with Gasteiger partial charge in [0.05, 0.1) is 0 Å². The molecule has 0 unspecified atom stereocenters. The van der Waals surface area contributed by atoms with E-state index >= 15 is 0 Å². The highest BCUT2D eigenvalue weighted by Crippen LogP contribution is 2.49. The van der Waals surface area contributed by atoms with Crippen LogP contribution in [0.1, 0.15) is 0 Å². The second-order valence-corrected chi connectivity index (χ2v) is 8.83. The predicted octanol–water partition coefficient (Wildman–Crippen LogP) is 8.52. The zero-order chi connectivity index (χ0) is 18.9. The summed E-state index contributed by atoms with van der Waals surface area (Å²) in [6.45, 7) is 0. The van der Waals surface area contributed by atoms with Crippen molar-refractivity contribution in [2.24, 2.45) is 0 Å². The molecule has 0 spiro atoms. The number of thiophene rings is 1. The molecule has 29 heavy (non-hydrogen) atoms. The monoisotopic (exact) mass is 384 g/mol. The van der Waals surface area contributed by atoms with E-state index in [4.69, 9.17) is 0 Å². The molecule has 0 amide bonds. The summed E-state index contributed by atoms with van der Waals surface area (Å²) in [5.41, 5.74) is 8.03. The smallest absolute Gasteiger partial charge is 0.0355 e. The van der Waals surface area contributed by atoms with E-state index in [1.165, 1.54) is 64.3 Å². The van der Waals surface area contributed by atoms with Gasteiger partial charge in [0.2, 0.25) is 0 Å². The first-order valence-electron chi connectivity index (χ1n) is 9.96. The molecule has 1 heterocycles. The maximum Gasteiger partial charge on any atom is 0.0355 e. The Morgan fingerprint density at radius 1 is 0.414 bits per heavy atom. The maximum absolute atomic E-state index is 2.38. The van der Waals surface area contributed by atoms with Crippen molar-refractivity contribution >= 4 is 42.3 Å². The quantitative estimate of drug-likeness (QED) is 0.266. The maximum atomic E-state index is 2.38. The summed E-state index contributed by atoms with van der Waals surface area (Å²) in [4.78, 5) is 0. The molecule has 1 heteroatoms. The summed E-state index contributed by atoms with van der Waals surface area (Å²) in [6, 6.07) is 35.8. The molecule has 6 aromatic rings. The molecule has 1 aliphatic carbocycles. The third-order valence-corrected chi connectivity index (χ3v) is 7.39. The summed E-state index contributed by atoms with van der Waals surface area (Å²) in [5.74, 6) is 0. The second-order valence-electron chi connectivity index (χ2n) is 7.74. The Bertz CT molecular complexity index is 1570. The van der Waals surface area contributed by atoms with Gasteiger partial charge in [-0.2, -0.15) is 0 Å². The van der Waals surface area contributed by atoms with E-state index in [9.17, 15) is 0 Å². The van der Waals surface area contributed by atoms with E-state index < -0.39 is 0 Å². The van der Waals surface area contributed by atoms with E-state index in [-0.39, 0.29) is 0 Å². The van der Waals surface area contributed by atoms with E-state index in [1.807, 2.05) is 11.3 Å². The van der Waals surface area contributed by atoms with E-state index in [0.29, 0.717) is 0 Å². The third kappa shape index (κ3) is 2.03. The van der Waals surface area contributed by atoms with Gasteiger partial charge in [0.25, 0.3) is 0 Å². The van der Waals surface area contributed by atoms with Crippen molar-refractivity contribution in [2.45, 2.75) is 0 Å². The van der Waals surface area contributed by atoms with E-state index in [0.717, 1.165) is 0 Å². The van der Waals surface area contributed by atoms with Crippen molar-refractivity contribution in [1.29, 1.82) is 0 Å². The van der Waals surface area contributed by atoms with Gasteiger partial charge >= 0.3 is 0 Å². The molecule has 0 saturated carbocycles. The summed E-state index contributed by atoms with van der Waals surface area (Å²) >= 11 is 1.88. The van der Waals surface area contributed by atoms with Gasteiger partial charge in [-0.15, -0.1) is 11.3 Å². The molecular weight excluding hydrogens is 368 g/mol. The molecule has 0 bridgehead atoms. The SMILES string of the molecule is c1ccc2c(c1)-c1cccc3c(-c4ccc5sc6ccccc6c5c4)ccc-2c13. The van der Waals surface area contributed by atoms with E-state index in [2.05, 4.69) is 97.1 Å². The highest BCUT2D eigenvalue weighted by molar-refractivity contribution is 7.25.